The molecule has 5 heteroatoms. The Bertz CT molecular complexity index is 882. The van der Waals surface area contributed by atoms with E-state index in [1.54, 1.807) is 4.90 Å². The Labute approximate surface area is 171 Å². The van der Waals surface area contributed by atoms with Crippen LogP contribution in [0.2, 0.25) is 0 Å². The molecule has 5 nitrogen and oxygen atoms in total. The minimum atomic E-state index is -0.263. The number of benzene rings is 2. The van der Waals surface area contributed by atoms with Crippen molar-refractivity contribution in [3.8, 4) is 0 Å². The first-order valence-electron chi connectivity index (χ1n) is 10.7. The van der Waals surface area contributed by atoms with Crippen LogP contribution in [0.1, 0.15) is 30.9 Å². The molecule has 29 heavy (non-hydrogen) atoms. The van der Waals surface area contributed by atoms with E-state index >= 15 is 0 Å². The van der Waals surface area contributed by atoms with E-state index in [4.69, 9.17) is 0 Å². The molecule has 3 fully saturated rings. The van der Waals surface area contributed by atoms with Crippen LogP contribution in [-0.4, -0.2) is 53.8 Å². The summed E-state index contributed by atoms with van der Waals surface area (Å²) >= 11 is 0. The number of rotatable bonds is 4. The van der Waals surface area contributed by atoms with Crippen LogP contribution in [0.25, 0.3) is 0 Å². The van der Waals surface area contributed by atoms with E-state index in [-0.39, 0.29) is 23.8 Å². The third-order valence-corrected chi connectivity index (χ3v) is 6.48. The number of carbonyl (C=O) groups excluding carboxylic acids is 2. The lowest BCUT2D eigenvalue weighted by Gasteiger charge is -2.43. The second kappa shape index (κ2) is 7.64. The maximum atomic E-state index is 13.5. The predicted octanol–water partition coefficient (Wildman–Crippen LogP) is 3.09. The minimum Gasteiger partial charge on any atom is -0.333 e. The first kappa shape index (κ1) is 18.4. The summed E-state index contributed by atoms with van der Waals surface area (Å²) in [5, 5.41) is 0. The number of carbonyl (C=O) groups is 2. The van der Waals surface area contributed by atoms with Gasteiger partial charge in [-0.3, -0.25) is 14.5 Å². The van der Waals surface area contributed by atoms with Crippen molar-refractivity contribution in [2.45, 2.75) is 31.3 Å². The SMILES string of the molecule is O=C1CC(C(=O)N2CCN(C3CC3)CC2c2ccccc2)CN1c1ccccc1. The molecule has 2 heterocycles. The number of piperazine rings is 1. The standard InChI is InChI=1S/C24H27N3O2/c28-23-15-19(16-27(23)21-9-5-2-6-10-21)24(29)26-14-13-25(20-11-12-20)17-22(26)18-7-3-1-4-8-18/h1-10,19-20,22H,11-17H2. The largest absolute Gasteiger partial charge is 0.333 e. The Morgan fingerprint density at radius 1 is 0.862 bits per heavy atom. The molecule has 2 saturated heterocycles. The molecule has 2 aliphatic heterocycles. The summed E-state index contributed by atoms with van der Waals surface area (Å²) in [5.74, 6) is -0.0927. The van der Waals surface area contributed by atoms with Crippen molar-refractivity contribution < 1.29 is 9.59 Å². The Hall–Kier alpha value is -2.66. The number of hydrogen-bond acceptors (Lipinski definition) is 3. The summed E-state index contributed by atoms with van der Waals surface area (Å²) < 4.78 is 0. The molecule has 0 N–H and O–H groups in total. The molecule has 0 bridgehead atoms. The van der Waals surface area contributed by atoms with Crippen molar-refractivity contribution in [2.75, 3.05) is 31.1 Å². The van der Waals surface area contributed by atoms with Crippen LogP contribution in [0.5, 0.6) is 0 Å². The van der Waals surface area contributed by atoms with Crippen molar-refractivity contribution in [3.63, 3.8) is 0 Å². The molecule has 1 aliphatic carbocycles. The molecule has 0 radical (unpaired) electrons. The Morgan fingerprint density at radius 3 is 2.24 bits per heavy atom. The molecule has 5 rings (SSSR count). The maximum Gasteiger partial charge on any atom is 0.228 e. The molecule has 2 amide bonds. The first-order valence-corrected chi connectivity index (χ1v) is 10.7. The molecule has 0 spiro atoms. The maximum absolute atomic E-state index is 13.5. The minimum absolute atomic E-state index is 0.0439. The molecule has 1 saturated carbocycles. The van der Waals surface area contributed by atoms with Crippen molar-refractivity contribution in [1.29, 1.82) is 0 Å². The van der Waals surface area contributed by atoms with E-state index in [9.17, 15) is 9.59 Å². The molecule has 150 valence electrons. The van der Waals surface area contributed by atoms with Gasteiger partial charge in [-0.05, 0) is 30.5 Å². The first-order chi connectivity index (χ1) is 14.2. The average Bonchev–Trinajstić information content (AvgIpc) is 3.56. The summed E-state index contributed by atoms with van der Waals surface area (Å²) in [6.07, 6.45) is 2.86. The Morgan fingerprint density at radius 2 is 1.55 bits per heavy atom. The van der Waals surface area contributed by atoms with Crippen LogP contribution in [-0.2, 0) is 9.59 Å². The van der Waals surface area contributed by atoms with Gasteiger partial charge < -0.3 is 9.80 Å². The van der Waals surface area contributed by atoms with E-state index in [2.05, 4.69) is 17.0 Å². The molecule has 2 unspecified atom stereocenters. The van der Waals surface area contributed by atoms with Gasteiger partial charge in [0.2, 0.25) is 11.8 Å². The number of amides is 2. The van der Waals surface area contributed by atoms with Crippen LogP contribution < -0.4 is 4.90 Å². The monoisotopic (exact) mass is 389 g/mol. The van der Waals surface area contributed by atoms with Crippen LogP contribution in [0.4, 0.5) is 5.69 Å². The molecular weight excluding hydrogens is 362 g/mol. The smallest absolute Gasteiger partial charge is 0.228 e. The molecular formula is C24H27N3O2. The van der Waals surface area contributed by atoms with Crippen molar-refractivity contribution in [3.05, 3.63) is 66.2 Å². The van der Waals surface area contributed by atoms with E-state index in [0.29, 0.717) is 19.0 Å². The second-order valence-corrected chi connectivity index (χ2v) is 8.43. The number of anilines is 1. The third kappa shape index (κ3) is 3.67. The van der Waals surface area contributed by atoms with Gasteiger partial charge in [0.1, 0.15) is 0 Å². The zero-order chi connectivity index (χ0) is 19.8. The molecule has 2 atom stereocenters. The lowest BCUT2D eigenvalue weighted by Crippen LogP contribution is -2.52. The van der Waals surface area contributed by atoms with Gasteiger partial charge in [0.05, 0.1) is 12.0 Å². The fourth-order valence-corrected chi connectivity index (χ4v) is 4.76. The summed E-state index contributed by atoms with van der Waals surface area (Å²) in [7, 11) is 0. The van der Waals surface area contributed by atoms with Gasteiger partial charge in [0.15, 0.2) is 0 Å². The molecule has 0 aromatic heterocycles. The summed E-state index contributed by atoms with van der Waals surface area (Å²) in [5.41, 5.74) is 2.07. The lowest BCUT2D eigenvalue weighted by molar-refractivity contribution is -0.141. The summed E-state index contributed by atoms with van der Waals surface area (Å²) in [4.78, 5) is 32.5. The quantitative estimate of drug-likeness (QED) is 0.807. The lowest BCUT2D eigenvalue weighted by atomic mass is 9.98. The van der Waals surface area contributed by atoms with E-state index in [0.717, 1.165) is 25.3 Å². The fraction of sp³-hybridized carbons (Fsp3) is 0.417. The highest BCUT2D eigenvalue weighted by Crippen LogP contribution is 2.35. The average molecular weight is 389 g/mol. The zero-order valence-corrected chi connectivity index (χ0v) is 16.6. The van der Waals surface area contributed by atoms with Crippen LogP contribution in [0.3, 0.4) is 0 Å². The van der Waals surface area contributed by atoms with Gasteiger partial charge in [0.25, 0.3) is 0 Å². The van der Waals surface area contributed by atoms with Crippen molar-refractivity contribution in [1.82, 2.24) is 9.80 Å². The van der Waals surface area contributed by atoms with Crippen LogP contribution in [0, 0.1) is 5.92 Å². The van der Waals surface area contributed by atoms with E-state index in [1.807, 2.05) is 53.4 Å². The summed E-state index contributed by atoms with van der Waals surface area (Å²) in [6, 6.07) is 20.8. The van der Waals surface area contributed by atoms with Gasteiger partial charge >= 0.3 is 0 Å². The van der Waals surface area contributed by atoms with Gasteiger partial charge in [-0.1, -0.05) is 48.5 Å². The van der Waals surface area contributed by atoms with Crippen molar-refractivity contribution >= 4 is 17.5 Å². The third-order valence-electron chi connectivity index (χ3n) is 6.48. The normalized spacial score (nSPS) is 25.4. The Kier molecular flexibility index (Phi) is 4.84. The van der Waals surface area contributed by atoms with Gasteiger partial charge in [-0.2, -0.15) is 0 Å². The topological polar surface area (TPSA) is 43.9 Å². The van der Waals surface area contributed by atoms with Crippen LogP contribution in [0.15, 0.2) is 60.7 Å². The fourth-order valence-electron chi connectivity index (χ4n) is 4.76. The van der Waals surface area contributed by atoms with Gasteiger partial charge in [0, 0.05) is 44.3 Å². The highest BCUT2D eigenvalue weighted by atomic mass is 16.2. The molecule has 3 aliphatic rings. The predicted molar refractivity (Wildman–Crippen MR) is 112 cm³/mol. The molecule has 2 aromatic carbocycles. The van der Waals surface area contributed by atoms with Crippen molar-refractivity contribution in [2.24, 2.45) is 5.92 Å². The van der Waals surface area contributed by atoms with E-state index < -0.39 is 0 Å². The highest BCUT2D eigenvalue weighted by molar-refractivity contribution is 6.00. The number of para-hydroxylation sites is 1. The molecule has 2 aromatic rings. The van der Waals surface area contributed by atoms with Gasteiger partial charge in [-0.15, -0.1) is 0 Å². The second-order valence-electron chi connectivity index (χ2n) is 8.43. The Balaban J connectivity index is 1.35. The van der Waals surface area contributed by atoms with E-state index in [1.165, 1.54) is 18.4 Å². The van der Waals surface area contributed by atoms with Crippen LogP contribution >= 0.6 is 0 Å². The number of hydrogen-bond donors (Lipinski definition) is 0. The van der Waals surface area contributed by atoms with Gasteiger partial charge in [-0.25, -0.2) is 0 Å². The summed E-state index contributed by atoms with van der Waals surface area (Å²) in [6.45, 7) is 3.04. The zero-order valence-electron chi connectivity index (χ0n) is 16.6. The highest BCUT2D eigenvalue weighted by Gasteiger charge is 2.42. The number of nitrogens with zero attached hydrogens (tertiary/aromatic N) is 3.